The van der Waals surface area contributed by atoms with Crippen LogP contribution in [0.5, 0.6) is 0 Å². The minimum absolute atomic E-state index is 0.0447. The van der Waals surface area contributed by atoms with Crippen LogP contribution in [0.4, 0.5) is 0 Å². The molecular weight excluding hydrogens is 317 g/mol. The zero-order valence-electron chi connectivity index (χ0n) is 12.1. The molecule has 0 saturated heterocycles. The van der Waals surface area contributed by atoms with Gasteiger partial charge in [-0.2, -0.15) is 0 Å². The highest BCUT2D eigenvalue weighted by molar-refractivity contribution is 6.36. The van der Waals surface area contributed by atoms with Crippen molar-refractivity contribution >= 4 is 29.1 Å². The van der Waals surface area contributed by atoms with E-state index < -0.39 is 0 Å². The summed E-state index contributed by atoms with van der Waals surface area (Å²) in [4.78, 5) is 12.4. The Balaban J connectivity index is 1.73. The molecule has 0 aromatic heterocycles. The van der Waals surface area contributed by atoms with Crippen molar-refractivity contribution in [3.05, 3.63) is 69.2 Å². The molecule has 0 radical (unpaired) electrons. The summed E-state index contributed by atoms with van der Waals surface area (Å²) in [6.07, 6.45) is 3.35. The normalized spacial score (nSPS) is 16.9. The number of hydrogen-bond donors (Lipinski definition) is 1. The molecule has 0 heterocycles. The van der Waals surface area contributed by atoms with Gasteiger partial charge in [0.05, 0.1) is 12.5 Å². The van der Waals surface area contributed by atoms with Crippen LogP contribution < -0.4 is 5.32 Å². The van der Waals surface area contributed by atoms with Crippen molar-refractivity contribution in [2.75, 3.05) is 0 Å². The molecule has 1 amide bonds. The van der Waals surface area contributed by atoms with Crippen LogP contribution in [0.15, 0.2) is 42.5 Å². The highest BCUT2D eigenvalue weighted by Crippen LogP contribution is 2.30. The van der Waals surface area contributed by atoms with E-state index in [1.807, 2.05) is 12.1 Å². The minimum Gasteiger partial charge on any atom is -0.349 e. The number of aryl methyl sites for hydroxylation is 1. The Morgan fingerprint density at radius 2 is 1.82 bits per heavy atom. The number of fused-ring (bicyclic) bond motifs is 1. The number of carbonyl (C=O) groups excluding carboxylic acids is 1. The molecule has 0 fully saturated rings. The topological polar surface area (TPSA) is 29.1 Å². The molecular formula is C18H17Cl2NO. The van der Waals surface area contributed by atoms with Crippen LogP contribution in [0.2, 0.25) is 10.0 Å². The van der Waals surface area contributed by atoms with Crippen LogP contribution in [-0.2, 0) is 17.6 Å². The molecule has 2 aromatic rings. The van der Waals surface area contributed by atoms with Crippen molar-refractivity contribution in [1.82, 2.24) is 5.32 Å². The molecule has 2 nitrogen and oxygen atoms in total. The number of rotatable bonds is 3. The summed E-state index contributed by atoms with van der Waals surface area (Å²) in [7, 11) is 0. The van der Waals surface area contributed by atoms with E-state index in [-0.39, 0.29) is 18.4 Å². The average Bonchev–Trinajstić information content (AvgIpc) is 2.51. The van der Waals surface area contributed by atoms with Crippen LogP contribution in [0.3, 0.4) is 0 Å². The Bertz CT molecular complexity index is 679. The predicted octanol–water partition coefficient (Wildman–Crippen LogP) is 4.73. The van der Waals surface area contributed by atoms with Gasteiger partial charge in [-0.25, -0.2) is 0 Å². The van der Waals surface area contributed by atoms with Gasteiger partial charge in [-0.05, 0) is 48.1 Å². The predicted molar refractivity (Wildman–Crippen MR) is 90.4 cm³/mol. The van der Waals surface area contributed by atoms with E-state index in [0.717, 1.165) is 19.3 Å². The molecule has 1 N–H and O–H groups in total. The molecule has 0 aliphatic heterocycles. The van der Waals surface area contributed by atoms with Gasteiger partial charge in [0.2, 0.25) is 5.91 Å². The monoisotopic (exact) mass is 333 g/mol. The first kappa shape index (κ1) is 15.4. The van der Waals surface area contributed by atoms with Gasteiger partial charge in [0.1, 0.15) is 0 Å². The lowest BCUT2D eigenvalue weighted by atomic mass is 9.87. The summed E-state index contributed by atoms with van der Waals surface area (Å²) in [5.74, 6) is -0.0447. The van der Waals surface area contributed by atoms with Crippen LogP contribution in [0, 0.1) is 0 Å². The maximum absolute atomic E-state index is 12.4. The number of halogens is 2. The molecule has 2 aromatic carbocycles. The summed E-state index contributed by atoms with van der Waals surface area (Å²) in [5, 5.41) is 4.19. The zero-order valence-corrected chi connectivity index (χ0v) is 13.6. The van der Waals surface area contributed by atoms with Gasteiger partial charge >= 0.3 is 0 Å². The van der Waals surface area contributed by atoms with E-state index in [1.54, 1.807) is 18.2 Å². The molecule has 0 saturated carbocycles. The lowest BCUT2D eigenvalue weighted by molar-refractivity contribution is -0.121. The molecule has 0 bridgehead atoms. The van der Waals surface area contributed by atoms with Gasteiger partial charge in [-0.3, -0.25) is 4.79 Å². The second-order valence-corrected chi connectivity index (χ2v) is 6.40. The third kappa shape index (κ3) is 3.29. The smallest absolute Gasteiger partial charge is 0.225 e. The van der Waals surface area contributed by atoms with Crippen molar-refractivity contribution in [3.63, 3.8) is 0 Å². The van der Waals surface area contributed by atoms with Gasteiger partial charge in [0, 0.05) is 10.0 Å². The minimum atomic E-state index is -0.0447. The molecule has 3 rings (SSSR count). The van der Waals surface area contributed by atoms with Crippen molar-refractivity contribution in [2.45, 2.75) is 31.7 Å². The fourth-order valence-corrected chi connectivity index (χ4v) is 3.54. The number of amides is 1. The third-order valence-electron chi connectivity index (χ3n) is 4.10. The summed E-state index contributed by atoms with van der Waals surface area (Å²) < 4.78 is 0. The zero-order chi connectivity index (χ0) is 15.5. The maximum atomic E-state index is 12.4. The van der Waals surface area contributed by atoms with E-state index in [2.05, 4.69) is 17.4 Å². The SMILES string of the molecule is O=C(Cc1c(Cl)cccc1Cl)N[C@H]1CCCc2ccccc21. The second kappa shape index (κ2) is 6.72. The van der Waals surface area contributed by atoms with E-state index >= 15 is 0 Å². The Morgan fingerprint density at radius 1 is 1.09 bits per heavy atom. The summed E-state index contributed by atoms with van der Waals surface area (Å²) in [5.41, 5.74) is 3.25. The highest BCUT2D eigenvalue weighted by atomic mass is 35.5. The second-order valence-electron chi connectivity index (χ2n) is 5.59. The van der Waals surface area contributed by atoms with Crippen LogP contribution >= 0.6 is 23.2 Å². The summed E-state index contributed by atoms with van der Waals surface area (Å²) in [6, 6.07) is 13.7. The average molecular weight is 334 g/mol. The Labute approximate surface area is 140 Å². The molecule has 0 spiro atoms. The third-order valence-corrected chi connectivity index (χ3v) is 4.81. The lowest BCUT2D eigenvalue weighted by Gasteiger charge is -2.26. The first-order chi connectivity index (χ1) is 10.6. The maximum Gasteiger partial charge on any atom is 0.225 e. The number of nitrogens with one attached hydrogen (secondary N) is 1. The quantitative estimate of drug-likeness (QED) is 0.864. The first-order valence-electron chi connectivity index (χ1n) is 7.45. The van der Waals surface area contributed by atoms with Crippen molar-refractivity contribution < 1.29 is 4.79 Å². The molecule has 1 aliphatic carbocycles. The van der Waals surface area contributed by atoms with E-state index in [9.17, 15) is 4.79 Å². The van der Waals surface area contributed by atoms with Crippen molar-refractivity contribution in [3.8, 4) is 0 Å². The summed E-state index contributed by atoms with van der Waals surface area (Å²) in [6.45, 7) is 0. The highest BCUT2D eigenvalue weighted by Gasteiger charge is 2.22. The van der Waals surface area contributed by atoms with E-state index in [0.29, 0.717) is 15.6 Å². The first-order valence-corrected chi connectivity index (χ1v) is 8.21. The van der Waals surface area contributed by atoms with Gasteiger partial charge < -0.3 is 5.32 Å². The van der Waals surface area contributed by atoms with Gasteiger partial charge in [-0.15, -0.1) is 0 Å². The van der Waals surface area contributed by atoms with Gasteiger partial charge in [0.25, 0.3) is 0 Å². The summed E-state index contributed by atoms with van der Waals surface area (Å²) >= 11 is 12.3. The van der Waals surface area contributed by atoms with Crippen LogP contribution in [-0.4, -0.2) is 5.91 Å². The molecule has 22 heavy (non-hydrogen) atoms. The van der Waals surface area contributed by atoms with Crippen molar-refractivity contribution in [1.29, 1.82) is 0 Å². The Kier molecular flexibility index (Phi) is 4.70. The number of benzene rings is 2. The van der Waals surface area contributed by atoms with Gasteiger partial charge in [-0.1, -0.05) is 53.5 Å². The molecule has 4 heteroatoms. The molecule has 1 aliphatic rings. The standard InChI is InChI=1S/C18H17Cl2NO/c19-15-8-4-9-16(20)14(15)11-18(22)21-17-10-3-6-12-5-1-2-7-13(12)17/h1-2,4-5,7-9,17H,3,6,10-11H2,(H,21,22)/t17-/m0/s1. The number of carbonyl (C=O) groups is 1. The molecule has 114 valence electrons. The fraction of sp³-hybridized carbons (Fsp3) is 0.278. The lowest BCUT2D eigenvalue weighted by Crippen LogP contribution is -2.32. The fourth-order valence-electron chi connectivity index (χ4n) is 3.01. The van der Waals surface area contributed by atoms with Crippen LogP contribution in [0.1, 0.15) is 35.6 Å². The van der Waals surface area contributed by atoms with E-state index in [1.165, 1.54) is 11.1 Å². The van der Waals surface area contributed by atoms with E-state index in [4.69, 9.17) is 23.2 Å². The largest absolute Gasteiger partial charge is 0.349 e. The van der Waals surface area contributed by atoms with Crippen LogP contribution in [0.25, 0.3) is 0 Å². The number of hydrogen-bond acceptors (Lipinski definition) is 1. The van der Waals surface area contributed by atoms with Crippen molar-refractivity contribution in [2.24, 2.45) is 0 Å². The van der Waals surface area contributed by atoms with Gasteiger partial charge in [0.15, 0.2) is 0 Å². The molecule has 1 atom stereocenters. The molecule has 0 unspecified atom stereocenters. The Hall–Kier alpha value is -1.51. The Morgan fingerprint density at radius 3 is 2.59 bits per heavy atom.